The van der Waals surface area contributed by atoms with Gasteiger partial charge in [0.2, 0.25) is 10.0 Å². The first-order valence-corrected chi connectivity index (χ1v) is 4.64. The van der Waals surface area contributed by atoms with Crippen LogP contribution in [-0.2, 0) is 10.0 Å². The summed E-state index contributed by atoms with van der Waals surface area (Å²) < 4.78 is 21.4. The molecule has 0 aromatic heterocycles. The van der Waals surface area contributed by atoms with Crippen molar-refractivity contribution in [2.45, 2.75) is 11.8 Å². The second-order valence-corrected chi connectivity index (χ2v) is 3.92. The summed E-state index contributed by atoms with van der Waals surface area (Å²) >= 11 is 0. The van der Waals surface area contributed by atoms with Gasteiger partial charge in [-0.25, -0.2) is 13.6 Å². The SMILES string of the molecule is Cc1ccc(S(N)(=O)=O)cc1.[Na+]. The molecule has 1 aromatic carbocycles. The molecule has 0 atom stereocenters. The van der Waals surface area contributed by atoms with Gasteiger partial charge in [-0.05, 0) is 19.1 Å². The first kappa shape index (κ1) is 12.1. The van der Waals surface area contributed by atoms with E-state index in [1.165, 1.54) is 12.1 Å². The Balaban J connectivity index is 0.00000121. The van der Waals surface area contributed by atoms with E-state index in [2.05, 4.69) is 0 Å². The van der Waals surface area contributed by atoms with Gasteiger partial charge >= 0.3 is 29.6 Å². The molecular weight excluding hydrogens is 185 g/mol. The minimum absolute atomic E-state index is 0. The second-order valence-electron chi connectivity index (χ2n) is 2.36. The van der Waals surface area contributed by atoms with Crippen LogP contribution in [0.3, 0.4) is 0 Å². The average molecular weight is 194 g/mol. The van der Waals surface area contributed by atoms with Crippen molar-refractivity contribution < 1.29 is 38.0 Å². The first-order valence-electron chi connectivity index (χ1n) is 3.09. The van der Waals surface area contributed by atoms with E-state index in [9.17, 15) is 8.42 Å². The number of primary sulfonamides is 1. The maximum absolute atomic E-state index is 10.7. The predicted molar refractivity (Wildman–Crippen MR) is 42.6 cm³/mol. The molecule has 0 saturated carbocycles. The molecule has 1 aromatic rings. The Bertz CT molecular complexity index is 344. The fourth-order valence-corrected chi connectivity index (χ4v) is 1.24. The second kappa shape index (κ2) is 4.39. The number of benzene rings is 1. The molecule has 0 amide bonds. The van der Waals surface area contributed by atoms with E-state index in [-0.39, 0.29) is 34.5 Å². The summed E-state index contributed by atoms with van der Waals surface area (Å²) in [5, 5.41) is 4.88. The van der Waals surface area contributed by atoms with Gasteiger partial charge < -0.3 is 0 Å². The van der Waals surface area contributed by atoms with E-state index < -0.39 is 10.0 Å². The Morgan fingerprint density at radius 3 is 1.92 bits per heavy atom. The summed E-state index contributed by atoms with van der Waals surface area (Å²) in [5.41, 5.74) is 1.01. The predicted octanol–water partition coefficient (Wildman–Crippen LogP) is -2.35. The van der Waals surface area contributed by atoms with Gasteiger partial charge in [0.15, 0.2) is 0 Å². The van der Waals surface area contributed by atoms with Crippen LogP contribution in [-0.4, -0.2) is 8.42 Å². The molecule has 60 valence electrons. The third kappa shape index (κ3) is 3.25. The van der Waals surface area contributed by atoms with Crippen molar-refractivity contribution in [2.24, 2.45) is 5.14 Å². The van der Waals surface area contributed by atoms with Gasteiger partial charge in [0.25, 0.3) is 0 Å². The van der Waals surface area contributed by atoms with Crippen molar-refractivity contribution in [1.82, 2.24) is 0 Å². The van der Waals surface area contributed by atoms with Gasteiger partial charge in [0.1, 0.15) is 0 Å². The van der Waals surface area contributed by atoms with Crippen LogP contribution in [0.2, 0.25) is 0 Å². The van der Waals surface area contributed by atoms with E-state index in [0.717, 1.165) is 5.56 Å². The van der Waals surface area contributed by atoms with E-state index in [4.69, 9.17) is 5.14 Å². The van der Waals surface area contributed by atoms with Gasteiger partial charge in [0.05, 0.1) is 4.90 Å². The smallest absolute Gasteiger partial charge is 0.225 e. The number of rotatable bonds is 1. The number of sulfonamides is 1. The van der Waals surface area contributed by atoms with E-state index in [0.29, 0.717) is 0 Å². The molecule has 2 N–H and O–H groups in total. The van der Waals surface area contributed by atoms with Gasteiger partial charge in [-0.3, -0.25) is 0 Å². The molecule has 0 saturated heterocycles. The van der Waals surface area contributed by atoms with Crippen LogP contribution in [0.25, 0.3) is 0 Å². The third-order valence-electron chi connectivity index (χ3n) is 1.35. The zero-order valence-corrected chi connectivity index (χ0v) is 9.93. The van der Waals surface area contributed by atoms with Gasteiger partial charge in [0, 0.05) is 0 Å². The molecule has 0 heterocycles. The minimum atomic E-state index is -3.52. The molecule has 0 unspecified atom stereocenters. The van der Waals surface area contributed by atoms with Crippen molar-refractivity contribution in [1.29, 1.82) is 0 Å². The van der Waals surface area contributed by atoms with Gasteiger partial charge in [-0.2, -0.15) is 0 Å². The fourth-order valence-electron chi connectivity index (χ4n) is 0.728. The molecule has 1 rings (SSSR count). The molecule has 0 fully saturated rings. The molecular formula is C7H9NNaO2S+. The van der Waals surface area contributed by atoms with Crippen LogP contribution in [0, 0.1) is 6.92 Å². The van der Waals surface area contributed by atoms with E-state index in [1.54, 1.807) is 12.1 Å². The number of hydrogen-bond acceptors (Lipinski definition) is 2. The Kier molecular flexibility index (Phi) is 4.44. The fraction of sp³-hybridized carbons (Fsp3) is 0.143. The van der Waals surface area contributed by atoms with Gasteiger partial charge in [-0.15, -0.1) is 0 Å². The zero-order chi connectivity index (χ0) is 8.48. The van der Waals surface area contributed by atoms with Crippen LogP contribution >= 0.6 is 0 Å². The molecule has 3 nitrogen and oxygen atoms in total. The molecule has 5 heteroatoms. The molecule has 0 radical (unpaired) electrons. The maximum atomic E-state index is 10.7. The molecule has 0 aliphatic rings. The van der Waals surface area contributed by atoms with Crippen LogP contribution in [0.15, 0.2) is 29.2 Å². The number of aryl methyl sites for hydroxylation is 1. The van der Waals surface area contributed by atoms with Crippen molar-refractivity contribution >= 4 is 10.0 Å². The first-order chi connectivity index (χ1) is 5.00. The quantitative estimate of drug-likeness (QED) is 0.509. The van der Waals surface area contributed by atoms with Gasteiger partial charge in [-0.1, -0.05) is 17.7 Å². The molecule has 0 spiro atoms. The Hall–Kier alpha value is 0.130. The summed E-state index contributed by atoms with van der Waals surface area (Å²) in [4.78, 5) is 0.156. The summed E-state index contributed by atoms with van der Waals surface area (Å²) in [6, 6.07) is 6.40. The molecule has 12 heavy (non-hydrogen) atoms. The van der Waals surface area contributed by atoms with Crippen LogP contribution in [0.1, 0.15) is 5.56 Å². The normalized spacial score (nSPS) is 10.5. The van der Waals surface area contributed by atoms with E-state index >= 15 is 0 Å². The summed E-state index contributed by atoms with van der Waals surface area (Å²) in [6.45, 7) is 1.88. The Labute approximate surface area is 94.3 Å². The van der Waals surface area contributed by atoms with Crippen molar-refractivity contribution in [2.75, 3.05) is 0 Å². The number of hydrogen-bond donors (Lipinski definition) is 1. The monoisotopic (exact) mass is 194 g/mol. The largest absolute Gasteiger partial charge is 1.00 e. The Morgan fingerprint density at radius 1 is 1.17 bits per heavy atom. The summed E-state index contributed by atoms with van der Waals surface area (Å²) in [5.74, 6) is 0. The van der Waals surface area contributed by atoms with Crippen molar-refractivity contribution in [3.05, 3.63) is 29.8 Å². The zero-order valence-electron chi connectivity index (χ0n) is 7.11. The summed E-state index contributed by atoms with van der Waals surface area (Å²) in [7, 11) is -3.52. The standard InChI is InChI=1S/C7H9NO2S.Na/c1-6-2-4-7(5-3-6)11(8,9)10;/h2-5H,1H3,(H2,8,9,10);/q;+1. The molecule has 0 aliphatic heterocycles. The minimum Gasteiger partial charge on any atom is -0.225 e. The third-order valence-corrected chi connectivity index (χ3v) is 2.28. The van der Waals surface area contributed by atoms with Crippen molar-refractivity contribution in [3.63, 3.8) is 0 Å². The van der Waals surface area contributed by atoms with E-state index in [1.807, 2.05) is 6.92 Å². The Morgan fingerprint density at radius 2 is 1.58 bits per heavy atom. The van der Waals surface area contributed by atoms with Crippen LogP contribution in [0.5, 0.6) is 0 Å². The number of nitrogens with two attached hydrogens (primary N) is 1. The van der Waals surface area contributed by atoms with Crippen molar-refractivity contribution in [3.8, 4) is 0 Å². The van der Waals surface area contributed by atoms with Crippen LogP contribution < -0.4 is 34.7 Å². The topological polar surface area (TPSA) is 60.2 Å². The molecule has 0 bridgehead atoms. The molecule has 0 aliphatic carbocycles. The van der Waals surface area contributed by atoms with Crippen LogP contribution in [0.4, 0.5) is 0 Å². The average Bonchev–Trinajstić information content (AvgIpc) is 1.86. The maximum Gasteiger partial charge on any atom is 1.00 e. The summed E-state index contributed by atoms with van der Waals surface area (Å²) in [6.07, 6.45) is 0.